The Morgan fingerprint density at radius 2 is 1.78 bits per heavy atom. The van der Waals surface area contributed by atoms with Gasteiger partial charge in [-0.1, -0.05) is 38.1 Å². The maximum Gasteiger partial charge on any atom is 0.254 e. The molecule has 5 rings (SSSR count). The van der Waals surface area contributed by atoms with Crippen molar-refractivity contribution in [1.29, 1.82) is 0 Å². The van der Waals surface area contributed by atoms with Gasteiger partial charge in [-0.2, -0.15) is 0 Å². The predicted molar refractivity (Wildman–Crippen MR) is 142 cm³/mol. The maximum absolute atomic E-state index is 13.2. The molecule has 0 unspecified atom stereocenters. The summed E-state index contributed by atoms with van der Waals surface area (Å²) in [6, 6.07) is 18.3. The minimum absolute atomic E-state index is 0.0227. The molecule has 4 aromatic rings. The van der Waals surface area contributed by atoms with Crippen molar-refractivity contribution < 1.29 is 9.53 Å². The van der Waals surface area contributed by atoms with E-state index in [1.54, 1.807) is 30.9 Å². The topological polar surface area (TPSA) is 71.5 Å². The second kappa shape index (κ2) is 10.8. The first-order valence-corrected chi connectivity index (χ1v) is 12.4. The first-order chi connectivity index (χ1) is 17.6. The summed E-state index contributed by atoms with van der Waals surface area (Å²) in [7, 11) is 0. The Labute approximate surface area is 211 Å². The molecule has 7 nitrogen and oxygen atoms in total. The molecule has 1 saturated heterocycles. The molecule has 1 amide bonds. The first kappa shape index (κ1) is 23.9. The number of nitrogens with zero attached hydrogens (tertiary/aromatic N) is 5. The number of carbonyl (C=O) groups excluding carboxylic acids is 1. The molecule has 1 fully saturated rings. The average Bonchev–Trinajstić information content (AvgIpc) is 2.92. The Balaban J connectivity index is 1.44. The fourth-order valence-electron chi connectivity index (χ4n) is 4.66. The Bertz CT molecular complexity index is 1340. The molecule has 0 bridgehead atoms. The number of hydrogen-bond donors (Lipinski definition) is 0. The lowest BCUT2D eigenvalue weighted by molar-refractivity contribution is 0.0722. The largest absolute Gasteiger partial charge is 0.378 e. The van der Waals surface area contributed by atoms with Crippen LogP contribution in [0, 0.1) is 5.92 Å². The summed E-state index contributed by atoms with van der Waals surface area (Å²) in [5.74, 6) is 1.33. The number of carbonyl (C=O) groups is 1. The van der Waals surface area contributed by atoms with Crippen LogP contribution in [0.15, 0.2) is 73.3 Å². The standard InChI is InChI=1S/C29H31N5O2/c1-21(2)18-34(29(35)23-8-10-30-11-9-23)19-22-4-3-5-24(16-22)25-6-7-27-26(17-25)28(32-20-31-27)33-12-14-36-15-13-33/h3-11,16-17,20-21H,12-15,18-19H2,1-2H3. The van der Waals surface area contributed by atoms with E-state index in [0.29, 0.717) is 37.8 Å². The van der Waals surface area contributed by atoms with Gasteiger partial charge in [0, 0.05) is 49.5 Å². The summed E-state index contributed by atoms with van der Waals surface area (Å²) in [5, 5.41) is 1.04. The fraction of sp³-hybridized carbons (Fsp3) is 0.310. The predicted octanol–water partition coefficient (Wildman–Crippen LogP) is 4.83. The lowest BCUT2D eigenvalue weighted by Crippen LogP contribution is -2.36. The smallest absolute Gasteiger partial charge is 0.254 e. The minimum atomic E-state index is 0.0227. The number of hydrogen-bond acceptors (Lipinski definition) is 6. The van der Waals surface area contributed by atoms with E-state index in [2.05, 4.69) is 76.2 Å². The van der Waals surface area contributed by atoms with Crippen LogP contribution < -0.4 is 4.90 Å². The van der Waals surface area contributed by atoms with Crippen molar-refractivity contribution in [3.05, 3.63) is 84.4 Å². The number of rotatable bonds is 7. The van der Waals surface area contributed by atoms with Crippen molar-refractivity contribution in [2.75, 3.05) is 37.7 Å². The van der Waals surface area contributed by atoms with E-state index < -0.39 is 0 Å². The van der Waals surface area contributed by atoms with Crippen LogP contribution in [0.3, 0.4) is 0 Å². The third kappa shape index (κ3) is 5.36. The van der Waals surface area contributed by atoms with Crippen molar-refractivity contribution in [1.82, 2.24) is 19.9 Å². The fourth-order valence-corrected chi connectivity index (χ4v) is 4.66. The summed E-state index contributed by atoms with van der Waals surface area (Å²) in [6.07, 6.45) is 4.96. The molecule has 1 aliphatic rings. The van der Waals surface area contributed by atoms with Gasteiger partial charge in [-0.3, -0.25) is 9.78 Å². The maximum atomic E-state index is 13.2. The van der Waals surface area contributed by atoms with Crippen LogP contribution in [-0.4, -0.2) is 58.6 Å². The molecule has 0 spiro atoms. The highest BCUT2D eigenvalue weighted by Crippen LogP contribution is 2.30. The van der Waals surface area contributed by atoms with Crippen LogP contribution in [0.1, 0.15) is 29.8 Å². The van der Waals surface area contributed by atoms with Crippen molar-refractivity contribution in [2.24, 2.45) is 5.92 Å². The van der Waals surface area contributed by atoms with Crippen LogP contribution >= 0.6 is 0 Å². The summed E-state index contributed by atoms with van der Waals surface area (Å²) in [4.78, 5) is 30.6. The summed E-state index contributed by atoms with van der Waals surface area (Å²) >= 11 is 0. The molecule has 0 atom stereocenters. The summed E-state index contributed by atoms with van der Waals surface area (Å²) < 4.78 is 5.52. The molecular weight excluding hydrogens is 450 g/mol. The zero-order chi connectivity index (χ0) is 24.9. The van der Waals surface area contributed by atoms with Gasteiger partial charge in [0.1, 0.15) is 12.1 Å². The van der Waals surface area contributed by atoms with E-state index >= 15 is 0 Å². The van der Waals surface area contributed by atoms with Crippen molar-refractivity contribution in [3.63, 3.8) is 0 Å². The number of morpholine rings is 1. The highest BCUT2D eigenvalue weighted by molar-refractivity contribution is 5.94. The van der Waals surface area contributed by atoms with Crippen LogP contribution in [0.25, 0.3) is 22.0 Å². The quantitative estimate of drug-likeness (QED) is 0.377. The molecule has 36 heavy (non-hydrogen) atoms. The van der Waals surface area contributed by atoms with E-state index in [0.717, 1.165) is 46.5 Å². The second-order valence-electron chi connectivity index (χ2n) is 9.54. The number of amides is 1. The highest BCUT2D eigenvalue weighted by atomic mass is 16.5. The third-order valence-corrected chi connectivity index (χ3v) is 6.36. The molecule has 1 aliphatic heterocycles. The monoisotopic (exact) mass is 481 g/mol. The Morgan fingerprint density at radius 1 is 1.00 bits per heavy atom. The highest BCUT2D eigenvalue weighted by Gasteiger charge is 2.19. The SMILES string of the molecule is CC(C)CN(Cc1cccc(-c2ccc3ncnc(N4CCOCC4)c3c2)c1)C(=O)c1ccncc1. The molecule has 0 radical (unpaired) electrons. The van der Waals surface area contributed by atoms with E-state index in [4.69, 9.17) is 4.74 Å². The summed E-state index contributed by atoms with van der Waals surface area (Å²) in [6.45, 7) is 8.55. The molecular formula is C29H31N5O2. The van der Waals surface area contributed by atoms with Crippen molar-refractivity contribution >= 4 is 22.6 Å². The Hall–Kier alpha value is -3.84. The van der Waals surface area contributed by atoms with Gasteiger partial charge in [-0.15, -0.1) is 0 Å². The van der Waals surface area contributed by atoms with Gasteiger partial charge < -0.3 is 14.5 Å². The lowest BCUT2D eigenvalue weighted by atomic mass is 10.0. The van der Waals surface area contributed by atoms with E-state index in [9.17, 15) is 4.79 Å². The minimum Gasteiger partial charge on any atom is -0.378 e. The number of pyridine rings is 1. The third-order valence-electron chi connectivity index (χ3n) is 6.36. The van der Waals surface area contributed by atoms with Crippen molar-refractivity contribution in [2.45, 2.75) is 20.4 Å². The van der Waals surface area contributed by atoms with Gasteiger partial charge in [0.25, 0.3) is 5.91 Å². The van der Waals surface area contributed by atoms with Gasteiger partial charge in [-0.05, 0) is 52.9 Å². The van der Waals surface area contributed by atoms with Gasteiger partial charge in [0.15, 0.2) is 0 Å². The van der Waals surface area contributed by atoms with Crippen LogP contribution in [0.5, 0.6) is 0 Å². The molecule has 184 valence electrons. The van der Waals surface area contributed by atoms with E-state index in [1.807, 2.05) is 4.90 Å². The number of fused-ring (bicyclic) bond motifs is 1. The second-order valence-corrected chi connectivity index (χ2v) is 9.54. The molecule has 3 heterocycles. The van der Waals surface area contributed by atoms with Crippen LogP contribution in [0.2, 0.25) is 0 Å². The number of benzene rings is 2. The summed E-state index contributed by atoms with van der Waals surface area (Å²) in [5.41, 5.74) is 4.88. The van der Waals surface area contributed by atoms with Gasteiger partial charge in [0.05, 0.1) is 18.7 Å². The van der Waals surface area contributed by atoms with E-state index in [1.165, 1.54) is 0 Å². The van der Waals surface area contributed by atoms with Crippen molar-refractivity contribution in [3.8, 4) is 11.1 Å². The zero-order valence-corrected chi connectivity index (χ0v) is 20.8. The van der Waals surface area contributed by atoms with E-state index in [-0.39, 0.29) is 5.91 Å². The van der Waals surface area contributed by atoms with Gasteiger partial charge in [0.2, 0.25) is 0 Å². The molecule has 0 N–H and O–H groups in total. The average molecular weight is 482 g/mol. The number of ether oxygens (including phenoxy) is 1. The Kier molecular flexibility index (Phi) is 7.18. The Morgan fingerprint density at radius 3 is 2.56 bits per heavy atom. The van der Waals surface area contributed by atoms with Gasteiger partial charge >= 0.3 is 0 Å². The first-order valence-electron chi connectivity index (χ1n) is 12.4. The molecule has 7 heteroatoms. The van der Waals surface area contributed by atoms with Crippen LogP contribution in [-0.2, 0) is 11.3 Å². The molecule has 0 saturated carbocycles. The number of anilines is 1. The number of aromatic nitrogens is 3. The normalized spacial score (nSPS) is 13.8. The molecule has 2 aromatic heterocycles. The van der Waals surface area contributed by atoms with Crippen LogP contribution in [0.4, 0.5) is 5.82 Å². The zero-order valence-electron chi connectivity index (χ0n) is 20.8. The van der Waals surface area contributed by atoms with Gasteiger partial charge in [-0.25, -0.2) is 9.97 Å². The molecule has 0 aliphatic carbocycles. The molecule has 2 aromatic carbocycles. The lowest BCUT2D eigenvalue weighted by Gasteiger charge is -2.28.